The van der Waals surface area contributed by atoms with Gasteiger partial charge in [-0.1, -0.05) is 72.8 Å². The van der Waals surface area contributed by atoms with E-state index in [1.165, 1.54) is 33.7 Å². The normalized spacial score (nSPS) is 12.0. The fraction of sp³-hybridized carbons (Fsp3) is 0. The monoisotopic (exact) mass is 609 g/mol. The molecule has 0 atom stereocenters. The number of para-hydroxylation sites is 4. The van der Waals surface area contributed by atoms with Crippen LogP contribution in [0.15, 0.2) is 152 Å². The fourth-order valence-electron chi connectivity index (χ4n) is 7.60. The fourth-order valence-corrected chi connectivity index (χ4v) is 7.60. The minimum Gasteiger partial charge on any atom is -0.309 e. The molecule has 0 aliphatic heterocycles. The van der Waals surface area contributed by atoms with Gasteiger partial charge < -0.3 is 13.7 Å². The van der Waals surface area contributed by atoms with Gasteiger partial charge in [-0.3, -0.25) is 0 Å². The molecule has 10 aromatic rings. The van der Waals surface area contributed by atoms with Crippen LogP contribution in [-0.4, -0.2) is 13.7 Å². The van der Waals surface area contributed by atoms with Crippen LogP contribution in [0.5, 0.6) is 0 Å². The lowest BCUT2D eigenvalue weighted by molar-refractivity contribution is 0.595. The summed E-state index contributed by atoms with van der Waals surface area (Å²) in [6.45, 7) is 0. The second-order valence-corrected chi connectivity index (χ2v) is 12.1. The summed E-state index contributed by atoms with van der Waals surface area (Å²) in [6, 6.07) is 49.9. The maximum absolute atomic E-state index is 15.5. The molecule has 5 heteroatoms. The summed E-state index contributed by atoms with van der Waals surface area (Å²) >= 11 is 0. The van der Waals surface area contributed by atoms with Crippen molar-refractivity contribution in [3.63, 3.8) is 0 Å². The van der Waals surface area contributed by atoms with Crippen molar-refractivity contribution in [2.45, 2.75) is 0 Å². The molecule has 0 unspecified atom stereocenters. The summed E-state index contributed by atoms with van der Waals surface area (Å²) in [6.07, 6.45) is 0. The molecule has 0 saturated heterocycles. The second kappa shape index (κ2) is 9.65. The number of halogens is 2. The summed E-state index contributed by atoms with van der Waals surface area (Å²) in [5.74, 6) is -0.969. The van der Waals surface area contributed by atoms with Crippen molar-refractivity contribution in [3.8, 4) is 17.1 Å². The number of hydrogen-bond donors (Lipinski definition) is 0. The predicted molar refractivity (Wildman–Crippen MR) is 189 cm³/mol. The van der Waals surface area contributed by atoms with Crippen molar-refractivity contribution in [3.05, 3.63) is 163 Å². The highest BCUT2D eigenvalue weighted by atomic mass is 19.1. The van der Waals surface area contributed by atoms with E-state index in [0.717, 1.165) is 61.3 Å². The van der Waals surface area contributed by atoms with Crippen LogP contribution in [0.3, 0.4) is 0 Å². The van der Waals surface area contributed by atoms with Gasteiger partial charge in [0.15, 0.2) is 0 Å². The molecule has 0 fully saturated rings. The molecule has 0 aliphatic rings. The van der Waals surface area contributed by atoms with Gasteiger partial charge in [-0.25, -0.2) is 8.78 Å². The van der Waals surface area contributed by atoms with E-state index in [4.69, 9.17) is 0 Å². The maximum atomic E-state index is 15.5. The van der Waals surface area contributed by atoms with Crippen LogP contribution in [0.25, 0.3) is 82.5 Å². The number of nitrogens with zero attached hydrogens (tertiary/aromatic N) is 3. The second-order valence-electron chi connectivity index (χ2n) is 12.1. The lowest BCUT2D eigenvalue weighted by atomic mass is 10.1. The van der Waals surface area contributed by atoms with Gasteiger partial charge in [-0.2, -0.15) is 0 Å². The summed E-state index contributed by atoms with van der Waals surface area (Å²) in [5, 5.41) is 6.63. The maximum Gasteiger partial charge on any atom is 0.147 e. The van der Waals surface area contributed by atoms with E-state index in [-0.39, 0.29) is 5.69 Å². The summed E-state index contributed by atoms with van der Waals surface area (Å²) < 4.78 is 36.6. The Bertz CT molecular complexity index is 2610. The minimum atomic E-state index is -0.486. The number of fused-ring (bicyclic) bond motifs is 9. The Balaban J connectivity index is 1.32. The number of hydrogen-bond acceptors (Lipinski definition) is 0. The van der Waals surface area contributed by atoms with Crippen molar-refractivity contribution < 1.29 is 8.78 Å². The molecular weight excluding hydrogens is 584 g/mol. The zero-order valence-corrected chi connectivity index (χ0v) is 25.0. The van der Waals surface area contributed by atoms with Crippen molar-refractivity contribution in [1.82, 2.24) is 13.7 Å². The SMILES string of the molecule is Fc1ccc(F)c(-n2c3ccc(-n4c5ccccc5c5ccccc54)cc3c3cc(-n4c5ccccc5c5ccccc54)ccc32)c1. The van der Waals surface area contributed by atoms with Crippen LogP contribution in [-0.2, 0) is 0 Å². The van der Waals surface area contributed by atoms with Gasteiger partial charge in [-0.15, -0.1) is 0 Å². The lowest BCUT2D eigenvalue weighted by Crippen LogP contribution is -1.99. The molecule has 0 spiro atoms. The largest absolute Gasteiger partial charge is 0.309 e. The zero-order chi connectivity index (χ0) is 31.2. The van der Waals surface area contributed by atoms with E-state index in [9.17, 15) is 4.39 Å². The van der Waals surface area contributed by atoms with E-state index in [1.54, 1.807) is 0 Å². The standard InChI is InChI=1S/C42H25F2N3/c43-26-17-20-35(44)42(23-26)47-40-21-18-27(45-36-13-5-1-9-29(36)30-10-2-6-14-37(30)45)24-33(40)34-25-28(19-22-41(34)47)46-38-15-7-3-11-31(38)32-12-4-8-16-39(32)46/h1-25H. The Morgan fingerprint density at radius 1 is 0.319 bits per heavy atom. The molecule has 222 valence electrons. The topological polar surface area (TPSA) is 14.8 Å². The van der Waals surface area contributed by atoms with Crippen LogP contribution in [0.1, 0.15) is 0 Å². The van der Waals surface area contributed by atoms with E-state index in [1.807, 2.05) is 16.7 Å². The van der Waals surface area contributed by atoms with E-state index in [2.05, 4.69) is 130 Å². The van der Waals surface area contributed by atoms with E-state index >= 15 is 4.39 Å². The lowest BCUT2D eigenvalue weighted by Gasteiger charge is -2.11. The Hall–Kier alpha value is -6.20. The summed E-state index contributed by atoms with van der Waals surface area (Å²) in [5.41, 5.74) is 8.21. The first kappa shape index (κ1) is 26.1. The summed E-state index contributed by atoms with van der Waals surface area (Å²) in [4.78, 5) is 0. The molecule has 0 radical (unpaired) electrons. The Morgan fingerprint density at radius 2 is 0.702 bits per heavy atom. The first-order valence-corrected chi connectivity index (χ1v) is 15.7. The van der Waals surface area contributed by atoms with Gasteiger partial charge in [0.1, 0.15) is 11.6 Å². The quantitative estimate of drug-likeness (QED) is 0.189. The third-order valence-corrected chi connectivity index (χ3v) is 9.56. The zero-order valence-electron chi connectivity index (χ0n) is 25.0. The average molecular weight is 610 g/mol. The van der Waals surface area contributed by atoms with Crippen molar-refractivity contribution >= 4 is 65.4 Å². The van der Waals surface area contributed by atoms with Crippen LogP contribution >= 0.6 is 0 Å². The van der Waals surface area contributed by atoms with Gasteiger partial charge >= 0.3 is 0 Å². The molecule has 3 aromatic heterocycles. The third kappa shape index (κ3) is 3.65. The molecule has 0 saturated carbocycles. The van der Waals surface area contributed by atoms with Gasteiger partial charge in [0, 0.05) is 49.8 Å². The first-order valence-electron chi connectivity index (χ1n) is 15.7. The van der Waals surface area contributed by atoms with Crippen LogP contribution in [0.2, 0.25) is 0 Å². The molecule has 3 heterocycles. The van der Waals surface area contributed by atoms with Crippen LogP contribution in [0.4, 0.5) is 8.78 Å². The van der Waals surface area contributed by atoms with Crippen molar-refractivity contribution in [1.29, 1.82) is 0 Å². The number of aromatic nitrogens is 3. The average Bonchev–Trinajstić information content (AvgIpc) is 3.74. The smallest absolute Gasteiger partial charge is 0.147 e. The van der Waals surface area contributed by atoms with Gasteiger partial charge in [0.2, 0.25) is 0 Å². The number of benzene rings is 7. The molecule has 0 bridgehead atoms. The molecule has 7 aromatic carbocycles. The molecule has 0 aliphatic carbocycles. The van der Waals surface area contributed by atoms with Gasteiger partial charge in [-0.05, 0) is 72.8 Å². The molecular formula is C42H25F2N3. The third-order valence-electron chi connectivity index (χ3n) is 9.56. The van der Waals surface area contributed by atoms with Crippen LogP contribution in [0, 0.1) is 11.6 Å². The highest BCUT2D eigenvalue weighted by molar-refractivity contribution is 6.14. The van der Waals surface area contributed by atoms with Gasteiger partial charge in [0.05, 0.1) is 38.8 Å². The molecule has 0 amide bonds. The molecule has 3 nitrogen and oxygen atoms in total. The highest BCUT2D eigenvalue weighted by Crippen LogP contribution is 2.39. The predicted octanol–water partition coefficient (Wildman–Crippen LogP) is 11.3. The Kier molecular flexibility index (Phi) is 5.35. The Labute approximate surface area is 267 Å². The van der Waals surface area contributed by atoms with Crippen molar-refractivity contribution in [2.75, 3.05) is 0 Å². The molecule has 0 N–H and O–H groups in total. The Morgan fingerprint density at radius 3 is 1.13 bits per heavy atom. The molecule has 10 rings (SSSR count). The molecule has 47 heavy (non-hydrogen) atoms. The number of rotatable bonds is 3. The van der Waals surface area contributed by atoms with Crippen molar-refractivity contribution in [2.24, 2.45) is 0 Å². The van der Waals surface area contributed by atoms with Crippen LogP contribution < -0.4 is 0 Å². The highest BCUT2D eigenvalue weighted by Gasteiger charge is 2.20. The summed E-state index contributed by atoms with van der Waals surface area (Å²) in [7, 11) is 0. The van der Waals surface area contributed by atoms with Gasteiger partial charge in [0.25, 0.3) is 0 Å². The van der Waals surface area contributed by atoms with E-state index < -0.39 is 11.6 Å². The minimum absolute atomic E-state index is 0.180. The van der Waals surface area contributed by atoms with E-state index in [0.29, 0.717) is 0 Å². The first-order chi connectivity index (χ1) is 23.2.